The predicted octanol–water partition coefficient (Wildman–Crippen LogP) is 3.17. The second-order valence-corrected chi connectivity index (χ2v) is 7.05. The van der Waals surface area contributed by atoms with Crippen molar-refractivity contribution in [3.8, 4) is 0 Å². The van der Waals surface area contributed by atoms with E-state index < -0.39 is 34.9 Å². The maximum Gasteiger partial charge on any atom is 0.325 e. The van der Waals surface area contributed by atoms with E-state index >= 15 is 0 Å². The van der Waals surface area contributed by atoms with E-state index in [1.807, 2.05) is 13.0 Å². The quantitative estimate of drug-likeness (QED) is 0.393. The Morgan fingerprint density at radius 3 is 2.40 bits per heavy atom. The highest BCUT2D eigenvalue weighted by molar-refractivity contribution is 6.10. The Morgan fingerprint density at radius 1 is 1.13 bits per heavy atom. The molecular weight excluding hydrogens is 388 g/mol. The molecule has 156 valence electrons. The summed E-state index contributed by atoms with van der Waals surface area (Å²) in [7, 11) is 0. The molecule has 1 fully saturated rings. The van der Waals surface area contributed by atoms with Crippen molar-refractivity contribution >= 4 is 29.2 Å². The van der Waals surface area contributed by atoms with Crippen LogP contribution in [0.25, 0.3) is 0 Å². The van der Waals surface area contributed by atoms with Crippen LogP contribution in [0.5, 0.6) is 0 Å². The Kier molecular flexibility index (Phi) is 6.10. The van der Waals surface area contributed by atoms with Gasteiger partial charge in [-0.1, -0.05) is 50.1 Å². The van der Waals surface area contributed by atoms with Crippen LogP contribution in [0.3, 0.4) is 0 Å². The summed E-state index contributed by atoms with van der Waals surface area (Å²) in [5.74, 6) is -1.04. The standard InChI is InChI=1S/C21H22N4O5/c1-2-3-13-21(15-7-5-4-6-8-15)19(27)24(20(28)23-21)14-18(26)22-16-9-11-17(12-10-16)25(29)30/h4-12H,2-3,13-14H2,1H3,(H,22,26)(H,23,28). The summed E-state index contributed by atoms with van der Waals surface area (Å²) in [6.07, 6.45) is 2.00. The predicted molar refractivity (Wildman–Crippen MR) is 110 cm³/mol. The van der Waals surface area contributed by atoms with Crippen molar-refractivity contribution in [3.05, 3.63) is 70.3 Å². The van der Waals surface area contributed by atoms with Crippen LogP contribution in [0.4, 0.5) is 16.2 Å². The number of anilines is 1. The van der Waals surface area contributed by atoms with E-state index in [1.54, 1.807) is 24.3 Å². The van der Waals surface area contributed by atoms with Gasteiger partial charge in [0.25, 0.3) is 11.6 Å². The Morgan fingerprint density at radius 2 is 1.80 bits per heavy atom. The fourth-order valence-electron chi connectivity index (χ4n) is 3.45. The van der Waals surface area contributed by atoms with E-state index in [2.05, 4.69) is 10.6 Å². The minimum absolute atomic E-state index is 0.106. The van der Waals surface area contributed by atoms with Crippen LogP contribution < -0.4 is 10.6 Å². The van der Waals surface area contributed by atoms with Gasteiger partial charge in [0.2, 0.25) is 5.91 Å². The average Bonchev–Trinajstić information content (AvgIpc) is 2.98. The molecule has 4 amide bonds. The van der Waals surface area contributed by atoms with E-state index in [0.29, 0.717) is 17.7 Å². The second kappa shape index (κ2) is 8.73. The summed E-state index contributed by atoms with van der Waals surface area (Å²) in [5, 5.41) is 16.1. The molecule has 0 bridgehead atoms. The van der Waals surface area contributed by atoms with Crippen molar-refractivity contribution in [1.82, 2.24) is 10.2 Å². The van der Waals surface area contributed by atoms with Crippen molar-refractivity contribution in [3.63, 3.8) is 0 Å². The van der Waals surface area contributed by atoms with Gasteiger partial charge in [0.1, 0.15) is 12.1 Å². The highest BCUT2D eigenvalue weighted by Crippen LogP contribution is 2.34. The number of non-ortho nitro benzene ring substituents is 1. The zero-order chi connectivity index (χ0) is 21.7. The number of nitro groups is 1. The van der Waals surface area contributed by atoms with Crippen LogP contribution >= 0.6 is 0 Å². The monoisotopic (exact) mass is 410 g/mol. The first-order valence-electron chi connectivity index (χ1n) is 9.61. The topological polar surface area (TPSA) is 122 Å². The number of nitrogens with one attached hydrogen (secondary N) is 2. The number of carbonyl (C=O) groups excluding carboxylic acids is 3. The molecule has 9 nitrogen and oxygen atoms in total. The van der Waals surface area contributed by atoms with Crippen LogP contribution in [0.15, 0.2) is 54.6 Å². The lowest BCUT2D eigenvalue weighted by Crippen LogP contribution is -2.44. The Bertz CT molecular complexity index is 961. The van der Waals surface area contributed by atoms with E-state index in [0.717, 1.165) is 17.7 Å². The SMILES string of the molecule is CCCCC1(c2ccccc2)NC(=O)N(CC(=O)Nc2ccc([N+](=O)[O-])cc2)C1=O. The van der Waals surface area contributed by atoms with Crippen LogP contribution in [0.1, 0.15) is 31.7 Å². The van der Waals surface area contributed by atoms with Crippen LogP contribution in [-0.2, 0) is 15.1 Å². The lowest BCUT2D eigenvalue weighted by molar-refractivity contribution is -0.384. The van der Waals surface area contributed by atoms with Crippen molar-refractivity contribution in [2.75, 3.05) is 11.9 Å². The number of imide groups is 1. The number of nitro benzene ring substituents is 1. The van der Waals surface area contributed by atoms with Gasteiger partial charge < -0.3 is 10.6 Å². The number of hydrogen-bond donors (Lipinski definition) is 2. The van der Waals surface area contributed by atoms with Crippen molar-refractivity contribution in [1.29, 1.82) is 0 Å². The van der Waals surface area contributed by atoms with E-state index in [4.69, 9.17) is 0 Å². The molecule has 1 unspecified atom stereocenters. The van der Waals surface area contributed by atoms with Gasteiger partial charge in [-0.25, -0.2) is 4.79 Å². The molecular formula is C21H22N4O5. The minimum Gasteiger partial charge on any atom is -0.325 e. The summed E-state index contributed by atoms with van der Waals surface area (Å²) < 4.78 is 0. The maximum atomic E-state index is 13.2. The molecule has 0 spiro atoms. The zero-order valence-corrected chi connectivity index (χ0v) is 16.5. The highest BCUT2D eigenvalue weighted by atomic mass is 16.6. The molecule has 30 heavy (non-hydrogen) atoms. The zero-order valence-electron chi connectivity index (χ0n) is 16.5. The molecule has 1 saturated heterocycles. The van der Waals surface area contributed by atoms with Gasteiger partial charge >= 0.3 is 6.03 Å². The van der Waals surface area contributed by atoms with Gasteiger partial charge in [-0.2, -0.15) is 0 Å². The number of amides is 4. The van der Waals surface area contributed by atoms with Crippen molar-refractivity contribution in [2.45, 2.75) is 31.7 Å². The number of urea groups is 1. The molecule has 1 aliphatic rings. The lowest BCUT2D eigenvalue weighted by Gasteiger charge is -2.27. The van der Waals surface area contributed by atoms with E-state index in [9.17, 15) is 24.5 Å². The van der Waals surface area contributed by atoms with Gasteiger partial charge in [0.15, 0.2) is 0 Å². The molecule has 2 N–H and O–H groups in total. The van der Waals surface area contributed by atoms with E-state index in [-0.39, 0.29) is 5.69 Å². The number of carbonyl (C=O) groups is 3. The summed E-state index contributed by atoms with van der Waals surface area (Å²) in [5.41, 5.74) is -0.291. The summed E-state index contributed by atoms with van der Waals surface area (Å²) in [4.78, 5) is 49.3. The molecule has 9 heteroatoms. The first-order chi connectivity index (χ1) is 14.4. The molecule has 0 aliphatic carbocycles. The van der Waals surface area contributed by atoms with Crippen molar-refractivity contribution in [2.24, 2.45) is 0 Å². The Hall–Kier alpha value is -3.75. The number of benzene rings is 2. The molecule has 0 saturated carbocycles. The number of nitrogens with zero attached hydrogens (tertiary/aromatic N) is 2. The smallest absolute Gasteiger partial charge is 0.325 e. The third kappa shape index (κ3) is 4.14. The number of unbranched alkanes of at least 4 members (excludes halogenated alkanes) is 1. The fraction of sp³-hybridized carbons (Fsp3) is 0.286. The second-order valence-electron chi connectivity index (χ2n) is 7.05. The minimum atomic E-state index is -1.19. The molecule has 3 rings (SSSR count). The van der Waals surface area contributed by atoms with Gasteiger partial charge in [0.05, 0.1) is 4.92 Å². The molecule has 0 radical (unpaired) electrons. The average molecular weight is 410 g/mol. The summed E-state index contributed by atoms with van der Waals surface area (Å²) in [6.45, 7) is 1.54. The van der Waals surface area contributed by atoms with E-state index in [1.165, 1.54) is 24.3 Å². The maximum absolute atomic E-state index is 13.2. The molecule has 1 heterocycles. The van der Waals surface area contributed by atoms with Crippen LogP contribution in [-0.4, -0.2) is 34.2 Å². The Labute approximate surface area is 173 Å². The molecule has 2 aromatic carbocycles. The molecule has 2 aromatic rings. The van der Waals surface area contributed by atoms with Gasteiger partial charge in [-0.05, 0) is 24.1 Å². The first-order valence-corrected chi connectivity index (χ1v) is 9.61. The van der Waals surface area contributed by atoms with Gasteiger partial charge in [-0.3, -0.25) is 24.6 Å². The fourth-order valence-corrected chi connectivity index (χ4v) is 3.45. The van der Waals surface area contributed by atoms with Crippen molar-refractivity contribution < 1.29 is 19.3 Å². The third-order valence-electron chi connectivity index (χ3n) is 5.01. The number of rotatable bonds is 8. The largest absolute Gasteiger partial charge is 0.325 e. The third-order valence-corrected chi connectivity index (χ3v) is 5.01. The molecule has 0 aromatic heterocycles. The lowest BCUT2D eigenvalue weighted by atomic mass is 9.85. The van der Waals surface area contributed by atoms with Gasteiger partial charge in [-0.15, -0.1) is 0 Å². The molecule has 1 atom stereocenters. The highest BCUT2D eigenvalue weighted by Gasteiger charge is 2.52. The normalized spacial score (nSPS) is 18.2. The summed E-state index contributed by atoms with van der Waals surface area (Å²) >= 11 is 0. The van der Waals surface area contributed by atoms with Gasteiger partial charge in [0, 0.05) is 17.8 Å². The number of hydrogen-bond acceptors (Lipinski definition) is 5. The molecule has 1 aliphatic heterocycles. The van der Waals surface area contributed by atoms with Crippen LogP contribution in [0, 0.1) is 10.1 Å². The summed E-state index contributed by atoms with van der Waals surface area (Å²) in [6, 6.07) is 13.7. The Balaban J connectivity index is 1.76. The first kappa shape index (κ1) is 21.0. The van der Waals surface area contributed by atoms with Crippen LogP contribution in [0.2, 0.25) is 0 Å².